The number of ether oxygens (including phenoxy) is 1. The first-order chi connectivity index (χ1) is 9.55. The molecule has 0 saturated carbocycles. The third-order valence-corrected chi connectivity index (χ3v) is 5.36. The highest BCUT2D eigenvalue weighted by Gasteiger charge is 2.40. The second-order valence-electron chi connectivity index (χ2n) is 7.22. The normalized spacial score (nSPS) is 33.8. The van der Waals surface area contributed by atoms with Crippen LogP contribution < -0.4 is 0 Å². The Kier molecular flexibility index (Phi) is 5.88. The molecule has 0 aromatic rings. The van der Waals surface area contributed by atoms with Gasteiger partial charge in [-0.25, -0.2) is 0 Å². The quantitative estimate of drug-likeness (QED) is 0.771. The number of hydrogen-bond donors (Lipinski definition) is 0. The molecule has 0 aromatic carbocycles. The van der Waals surface area contributed by atoms with Crippen LogP contribution >= 0.6 is 0 Å². The van der Waals surface area contributed by atoms with Gasteiger partial charge in [0.05, 0.1) is 6.10 Å². The summed E-state index contributed by atoms with van der Waals surface area (Å²) in [5, 5.41) is 0. The van der Waals surface area contributed by atoms with Crippen LogP contribution in [0.2, 0.25) is 0 Å². The lowest BCUT2D eigenvalue weighted by Crippen LogP contribution is -2.59. The van der Waals surface area contributed by atoms with Crippen molar-refractivity contribution in [2.75, 3.05) is 39.3 Å². The fourth-order valence-corrected chi connectivity index (χ4v) is 3.86. The minimum absolute atomic E-state index is 0.418. The molecule has 2 aliphatic heterocycles. The van der Waals surface area contributed by atoms with Gasteiger partial charge in [-0.1, -0.05) is 20.8 Å². The smallest absolute Gasteiger partial charge is 0.0564 e. The zero-order valence-electron chi connectivity index (χ0n) is 14.0. The summed E-state index contributed by atoms with van der Waals surface area (Å²) in [6, 6.07) is 0. The molecule has 2 heterocycles. The first-order valence-electron chi connectivity index (χ1n) is 8.65. The Morgan fingerprint density at radius 1 is 1.20 bits per heavy atom. The summed E-state index contributed by atoms with van der Waals surface area (Å²) in [4.78, 5) is 5.43. The van der Waals surface area contributed by atoms with E-state index < -0.39 is 0 Å². The SMILES string of the molecule is CC[C@]1(N2CCN(CCC(C)C)CC2)CCO[C@@H](C)C1. The van der Waals surface area contributed by atoms with E-state index >= 15 is 0 Å². The Balaban J connectivity index is 1.85. The van der Waals surface area contributed by atoms with Crippen molar-refractivity contribution in [2.45, 2.75) is 65.0 Å². The average molecular weight is 282 g/mol. The molecule has 0 amide bonds. The van der Waals surface area contributed by atoms with Crippen LogP contribution in [-0.2, 0) is 4.74 Å². The number of piperazine rings is 1. The highest BCUT2D eigenvalue weighted by molar-refractivity contribution is 4.95. The maximum Gasteiger partial charge on any atom is 0.0564 e. The number of nitrogens with zero attached hydrogens (tertiary/aromatic N) is 2. The van der Waals surface area contributed by atoms with Gasteiger partial charge < -0.3 is 9.64 Å². The van der Waals surface area contributed by atoms with Crippen LogP contribution in [0.3, 0.4) is 0 Å². The summed E-state index contributed by atoms with van der Waals surface area (Å²) in [5.74, 6) is 0.825. The minimum Gasteiger partial charge on any atom is -0.378 e. The maximum absolute atomic E-state index is 5.77. The Morgan fingerprint density at radius 3 is 2.45 bits per heavy atom. The summed E-state index contributed by atoms with van der Waals surface area (Å²) in [6.07, 6.45) is 5.48. The van der Waals surface area contributed by atoms with Crippen molar-refractivity contribution in [1.82, 2.24) is 9.80 Å². The molecule has 2 fully saturated rings. The molecule has 0 radical (unpaired) electrons. The molecule has 0 aliphatic carbocycles. The lowest BCUT2D eigenvalue weighted by molar-refractivity contribution is -0.0811. The average Bonchev–Trinajstić information content (AvgIpc) is 2.45. The Hall–Kier alpha value is -0.120. The van der Waals surface area contributed by atoms with Gasteiger partial charge in [0.2, 0.25) is 0 Å². The van der Waals surface area contributed by atoms with Gasteiger partial charge in [-0.2, -0.15) is 0 Å². The molecular weight excluding hydrogens is 248 g/mol. The molecule has 3 heteroatoms. The highest BCUT2D eigenvalue weighted by Crippen LogP contribution is 2.34. The molecule has 0 aromatic heterocycles. The first-order valence-corrected chi connectivity index (χ1v) is 8.65. The molecule has 2 aliphatic rings. The molecule has 2 atom stereocenters. The van der Waals surface area contributed by atoms with Crippen LogP contribution in [0, 0.1) is 5.92 Å². The van der Waals surface area contributed by atoms with Gasteiger partial charge in [0, 0.05) is 38.3 Å². The van der Waals surface area contributed by atoms with Gasteiger partial charge in [-0.3, -0.25) is 4.90 Å². The van der Waals surface area contributed by atoms with E-state index in [1.54, 1.807) is 0 Å². The van der Waals surface area contributed by atoms with Gasteiger partial charge in [0.1, 0.15) is 0 Å². The van der Waals surface area contributed by atoms with Crippen molar-refractivity contribution in [3.63, 3.8) is 0 Å². The van der Waals surface area contributed by atoms with Crippen molar-refractivity contribution in [3.8, 4) is 0 Å². The Bertz CT molecular complexity index is 287. The standard InChI is InChI=1S/C17H34N2O/c1-5-17(7-13-20-16(4)14-17)19-11-9-18(10-12-19)8-6-15(2)3/h15-16H,5-14H2,1-4H3/t16-,17-/m0/s1. The Morgan fingerprint density at radius 2 is 1.90 bits per heavy atom. The first kappa shape index (κ1) is 16.3. The maximum atomic E-state index is 5.77. The van der Waals surface area contributed by atoms with Gasteiger partial charge in [-0.15, -0.1) is 0 Å². The largest absolute Gasteiger partial charge is 0.378 e. The number of rotatable bonds is 5. The van der Waals surface area contributed by atoms with Crippen LogP contribution in [0.5, 0.6) is 0 Å². The second-order valence-corrected chi connectivity index (χ2v) is 7.22. The van der Waals surface area contributed by atoms with Crippen molar-refractivity contribution in [2.24, 2.45) is 5.92 Å². The van der Waals surface area contributed by atoms with Gasteiger partial charge in [-0.05, 0) is 45.1 Å². The van der Waals surface area contributed by atoms with E-state index in [1.165, 1.54) is 58.4 Å². The molecular formula is C17H34N2O. The molecule has 0 unspecified atom stereocenters. The van der Waals surface area contributed by atoms with Crippen LogP contribution in [0.1, 0.15) is 53.4 Å². The van der Waals surface area contributed by atoms with E-state index in [1.807, 2.05) is 0 Å². The van der Waals surface area contributed by atoms with Crippen molar-refractivity contribution in [1.29, 1.82) is 0 Å². The van der Waals surface area contributed by atoms with Gasteiger partial charge in [0.25, 0.3) is 0 Å². The molecule has 118 valence electrons. The molecule has 0 N–H and O–H groups in total. The summed E-state index contributed by atoms with van der Waals surface area (Å²) < 4.78 is 5.77. The third-order valence-electron chi connectivity index (χ3n) is 5.36. The van der Waals surface area contributed by atoms with Gasteiger partial charge >= 0.3 is 0 Å². The summed E-state index contributed by atoms with van der Waals surface area (Å²) >= 11 is 0. The van der Waals surface area contributed by atoms with E-state index in [9.17, 15) is 0 Å². The minimum atomic E-state index is 0.418. The van der Waals surface area contributed by atoms with Crippen molar-refractivity contribution < 1.29 is 4.74 Å². The zero-order valence-corrected chi connectivity index (χ0v) is 14.0. The second kappa shape index (κ2) is 7.24. The summed E-state index contributed by atoms with van der Waals surface area (Å²) in [7, 11) is 0. The van der Waals surface area contributed by atoms with E-state index in [0.29, 0.717) is 11.6 Å². The highest BCUT2D eigenvalue weighted by atomic mass is 16.5. The lowest BCUT2D eigenvalue weighted by Gasteiger charge is -2.51. The molecule has 3 nitrogen and oxygen atoms in total. The zero-order chi connectivity index (χ0) is 14.6. The Labute approximate surface area is 125 Å². The molecule has 0 spiro atoms. The summed E-state index contributed by atoms with van der Waals surface area (Å²) in [6.45, 7) is 16.5. The van der Waals surface area contributed by atoms with Crippen LogP contribution in [0.4, 0.5) is 0 Å². The molecule has 0 bridgehead atoms. The van der Waals surface area contributed by atoms with Gasteiger partial charge in [0.15, 0.2) is 0 Å². The van der Waals surface area contributed by atoms with E-state index in [2.05, 4.69) is 37.5 Å². The predicted octanol–water partition coefficient (Wildman–Crippen LogP) is 3.00. The van der Waals surface area contributed by atoms with Crippen LogP contribution in [0.15, 0.2) is 0 Å². The van der Waals surface area contributed by atoms with Crippen molar-refractivity contribution in [3.05, 3.63) is 0 Å². The van der Waals surface area contributed by atoms with Crippen molar-refractivity contribution >= 4 is 0 Å². The van der Waals surface area contributed by atoms with E-state index in [-0.39, 0.29) is 0 Å². The van der Waals surface area contributed by atoms with E-state index in [4.69, 9.17) is 4.74 Å². The molecule has 2 rings (SSSR count). The van der Waals surface area contributed by atoms with Crippen LogP contribution in [0.25, 0.3) is 0 Å². The monoisotopic (exact) mass is 282 g/mol. The summed E-state index contributed by atoms with van der Waals surface area (Å²) in [5.41, 5.74) is 0.418. The predicted molar refractivity (Wildman–Crippen MR) is 85.1 cm³/mol. The fourth-order valence-electron chi connectivity index (χ4n) is 3.86. The number of hydrogen-bond acceptors (Lipinski definition) is 3. The molecule has 20 heavy (non-hydrogen) atoms. The third kappa shape index (κ3) is 3.96. The lowest BCUT2D eigenvalue weighted by atomic mass is 9.82. The molecule has 2 saturated heterocycles. The topological polar surface area (TPSA) is 15.7 Å². The fraction of sp³-hybridized carbons (Fsp3) is 1.00. The van der Waals surface area contributed by atoms with Crippen LogP contribution in [-0.4, -0.2) is 60.8 Å². The van der Waals surface area contributed by atoms with E-state index in [0.717, 1.165) is 12.5 Å².